The van der Waals surface area contributed by atoms with Crippen LogP contribution in [0.1, 0.15) is 38.2 Å². The van der Waals surface area contributed by atoms with E-state index in [0.717, 1.165) is 18.4 Å². The highest BCUT2D eigenvalue weighted by Crippen LogP contribution is 2.33. The highest BCUT2D eigenvalue weighted by atomic mass is 16.5. The summed E-state index contributed by atoms with van der Waals surface area (Å²) in [6.07, 6.45) is 2.97. The maximum Gasteiger partial charge on any atom is 0.317 e. The highest BCUT2D eigenvalue weighted by Gasteiger charge is 2.42. The number of amides is 2. The number of benzene rings is 1. The summed E-state index contributed by atoms with van der Waals surface area (Å²) in [6.45, 7) is 3.87. The molecule has 2 fully saturated rings. The molecule has 2 heterocycles. The Hall–Kier alpha value is -1.88. The fourth-order valence-corrected chi connectivity index (χ4v) is 3.67. The number of hydrogen-bond acceptors (Lipinski definition) is 3. The largest absolute Gasteiger partial charge is 0.376 e. The molecule has 5 heteroatoms. The number of piperidine rings is 1. The van der Waals surface area contributed by atoms with Gasteiger partial charge in [-0.25, -0.2) is 4.79 Å². The lowest BCUT2D eigenvalue weighted by atomic mass is 10.0. The third-order valence-electron chi connectivity index (χ3n) is 4.90. The van der Waals surface area contributed by atoms with Crippen molar-refractivity contribution in [3.05, 3.63) is 35.9 Å². The number of ether oxygens (including phenoxy) is 1. The summed E-state index contributed by atoms with van der Waals surface area (Å²) < 4.78 is 5.72. The van der Waals surface area contributed by atoms with Gasteiger partial charge in [0.15, 0.2) is 0 Å². The molecule has 2 aliphatic heterocycles. The van der Waals surface area contributed by atoms with Crippen LogP contribution in [0, 0.1) is 5.92 Å². The predicted octanol–water partition coefficient (Wildman–Crippen LogP) is 2.74. The van der Waals surface area contributed by atoms with Crippen molar-refractivity contribution < 1.29 is 14.3 Å². The Balaban J connectivity index is 1.37. The van der Waals surface area contributed by atoms with Gasteiger partial charge < -0.3 is 15.0 Å². The molecule has 1 aromatic rings. The molecule has 5 nitrogen and oxygen atoms in total. The van der Waals surface area contributed by atoms with Gasteiger partial charge in [0.1, 0.15) is 5.78 Å². The summed E-state index contributed by atoms with van der Waals surface area (Å²) in [7, 11) is 0. The number of hydrogen-bond donors (Lipinski definition) is 1. The van der Waals surface area contributed by atoms with E-state index in [1.807, 2.05) is 35.2 Å². The van der Waals surface area contributed by atoms with E-state index in [-0.39, 0.29) is 24.0 Å². The van der Waals surface area contributed by atoms with Crippen LogP contribution in [0.2, 0.25) is 0 Å². The Morgan fingerprint density at radius 2 is 1.92 bits per heavy atom. The normalized spacial score (nSPS) is 24.0. The van der Waals surface area contributed by atoms with Gasteiger partial charge in [-0.3, -0.25) is 4.79 Å². The molecule has 2 aliphatic rings. The van der Waals surface area contributed by atoms with Gasteiger partial charge in [0, 0.05) is 31.5 Å². The molecule has 2 bridgehead atoms. The van der Waals surface area contributed by atoms with E-state index < -0.39 is 0 Å². The third kappa shape index (κ3) is 4.15. The first-order valence-corrected chi connectivity index (χ1v) is 8.83. The minimum Gasteiger partial charge on any atom is -0.376 e. The lowest BCUT2D eigenvalue weighted by Crippen LogP contribution is -2.51. The average Bonchev–Trinajstić information content (AvgIpc) is 2.85. The second-order valence-electron chi connectivity index (χ2n) is 7.03. The Morgan fingerprint density at radius 1 is 1.25 bits per heavy atom. The number of rotatable bonds is 6. The van der Waals surface area contributed by atoms with Crippen LogP contribution in [-0.4, -0.2) is 41.9 Å². The van der Waals surface area contributed by atoms with Crippen molar-refractivity contribution in [2.45, 2.75) is 51.3 Å². The van der Waals surface area contributed by atoms with Gasteiger partial charge in [0.25, 0.3) is 0 Å². The molecule has 3 rings (SSSR count). The maximum atomic E-state index is 12.4. The number of carbonyl (C=O) groups is 2. The molecule has 0 radical (unpaired) electrons. The monoisotopic (exact) mass is 330 g/mol. The zero-order valence-electron chi connectivity index (χ0n) is 14.2. The van der Waals surface area contributed by atoms with E-state index in [1.165, 1.54) is 0 Å². The standard InChI is InChI=1S/C19H26N2O3/c1-14(12-24-13-15-5-3-2-4-6-15)11-20-19(23)21-16-7-8-17(21)10-18(22)9-16/h2-6,14,16-17H,7-13H2,1H3,(H,20,23). The predicted molar refractivity (Wildman–Crippen MR) is 91.6 cm³/mol. The molecular weight excluding hydrogens is 304 g/mol. The van der Waals surface area contributed by atoms with Gasteiger partial charge in [-0.05, 0) is 24.3 Å². The SMILES string of the molecule is CC(CNC(=O)N1C2CCC1CC(=O)C2)COCc1ccccc1. The van der Waals surface area contributed by atoms with Gasteiger partial charge in [-0.15, -0.1) is 0 Å². The Bertz CT molecular complexity index is 559. The number of carbonyl (C=O) groups excluding carboxylic acids is 2. The number of nitrogens with zero attached hydrogens (tertiary/aromatic N) is 1. The lowest BCUT2D eigenvalue weighted by molar-refractivity contribution is -0.122. The highest BCUT2D eigenvalue weighted by molar-refractivity contribution is 5.84. The second-order valence-corrected chi connectivity index (χ2v) is 7.03. The van der Waals surface area contributed by atoms with E-state index in [2.05, 4.69) is 12.2 Å². The fraction of sp³-hybridized carbons (Fsp3) is 0.579. The fourth-order valence-electron chi connectivity index (χ4n) is 3.67. The molecule has 0 saturated carbocycles. The summed E-state index contributed by atoms with van der Waals surface area (Å²) in [5, 5.41) is 3.01. The molecule has 1 N–H and O–H groups in total. The van der Waals surface area contributed by atoms with Crippen molar-refractivity contribution in [2.24, 2.45) is 5.92 Å². The Morgan fingerprint density at radius 3 is 2.58 bits per heavy atom. The molecule has 0 spiro atoms. The van der Waals surface area contributed by atoms with Crippen molar-refractivity contribution in [3.8, 4) is 0 Å². The topological polar surface area (TPSA) is 58.6 Å². The van der Waals surface area contributed by atoms with Gasteiger partial charge in [0.05, 0.1) is 13.2 Å². The molecule has 3 atom stereocenters. The molecule has 0 aliphatic carbocycles. The van der Waals surface area contributed by atoms with E-state index in [4.69, 9.17) is 4.74 Å². The summed E-state index contributed by atoms with van der Waals surface area (Å²) in [5.74, 6) is 0.552. The van der Waals surface area contributed by atoms with Crippen LogP contribution < -0.4 is 5.32 Å². The van der Waals surface area contributed by atoms with E-state index >= 15 is 0 Å². The Kier molecular flexibility index (Phi) is 5.51. The van der Waals surface area contributed by atoms with Crippen LogP contribution in [0.25, 0.3) is 0 Å². The van der Waals surface area contributed by atoms with Crippen LogP contribution in [0.4, 0.5) is 4.79 Å². The maximum absolute atomic E-state index is 12.4. The van der Waals surface area contributed by atoms with Crippen molar-refractivity contribution in [1.29, 1.82) is 0 Å². The summed E-state index contributed by atoms with van der Waals surface area (Å²) in [6, 6.07) is 10.3. The number of ketones is 1. The minimum atomic E-state index is -0.0232. The van der Waals surface area contributed by atoms with Crippen LogP contribution in [0.3, 0.4) is 0 Å². The molecule has 24 heavy (non-hydrogen) atoms. The second kappa shape index (κ2) is 7.79. The third-order valence-corrected chi connectivity index (χ3v) is 4.90. The first kappa shape index (κ1) is 17.0. The average molecular weight is 330 g/mol. The lowest BCUT2D eigenvalue weighted by Gasteiger charge is -2.34. The number of fused-ring (bicyclic) bond motifs is 2. The van der Waals surface area contributed by atoms with Gasteiger partial charge in [-0.1, -0.05) is 37.3 Å². The zero-order chi connectivity index (χ0) is 16.9. The molecule has 130 valence electrons. The number of Topliss-reactive ketones (excluding diaryl/α,β-unsaturated/α-hetero) is 1. The van der Waals surface area contributed by atoms with Crippen molar-refractivity contribution in [3.63, 3.8) is 0 Å². The Labute approximate surface area is 143 Å². The van der Waals surface area contributed by atoms with E-state index in [1.54, 1.807) is 0 Å². The van der Waals surface area contributed by atoms with Crippen molar-refractivity contribution in [1.82, 2.24) is 10.2 Å². The molecule has 3 unspecified atom stereocenters. The molecule has 2 amide bonds. The first-order chi connectivity index (χ1) is 11.6. The molecular formula is C19H26N2O3. The minimum absolute atomic E-state index is 0.0232. The summed E-state index contributed by atoms with van der Waals surface area (Å²) in [4.78, 5) is 25.9. The molecule has 0 aromatic heterocycles. The van der Waals surface area contributed by atoms with Crippen LogP contribution in [0.15, 0.2) is 30.3 Å². The van der Waals surface area contributed by atoms with E-state index in [0.29, 0.717) is 38.4 Å². The van der Waals surface area contributed by atoms with Gasteiger partial charge in [-0.2, -0.15) is 0 Å². The molecule has 2 saturated heterocycles. The van der Waals surface area contributed by atoms with Crippen LogP contribution in [-0.2, 0) is 16.1 Å². The summed E-state index contributed by atoms with van der Waals surface area (Å²) >= 11 is 0. The van der Waals surface area contributed by atoms with Crippen molar-refractivity contribution in [2.75, 3.05) is 13.2 Å². The van der Waals surface area contributed by atoms with Crippen LogP contribution in [0.5, 0.6) is 0 Å². The zero-order valence-corrected chi connectivity index (χ0v) is 14.2. The number of urea groups is 1. The molecule has 1 aromatic carbocycles. The van der Waals surface area contributed by atoms with Gasteiger partial charge >= 0.3 is 6.03 Å². The summed E-state index contributed by atoms with van der Waals surface area (Å²) in [5.41, 5.74) is 1.16. The van der Waals surface area contributed by atoms with Crippen molar-refractivity contribution >= 4 is 11.8 Å². The van der Waals surface area contributed by atoms with E-state index in [9.17, 15) is 9.59 Å². The first-order valence-electron chi connectivity index (χ1n) is 8.83. The smallest absolute Gasteiger partial charge is 0.317 e. The number of nitrogens with one attached hydrogen (secondary N) is 1. The quantitative estimate of drug-likeness (QED) is 0.872. The van der Waals surface area contributed by atoms with Crippen LogP contribution >= 0.6 is 0 Å². The van der Waals surface area contributed by atoms with Gasteiger partial charge in [0.2, 0.25) is 0 Å².